The molecule has 0 saturated carbocycles. The van der Waals surface area contributed by atoms with Crippen molar-refractivity contribution in [3.63, 3.8) is 0 Å². The fourth-order valence-electron chi connectivity index (χ4n) is 2.03. The molecule has 0 aromatic heterocycles. The van der Waals surface area contributed by atoms with Gasteiger partial charge in [0.25, 0.3) is 0 Å². The van der Waals surface area contributed by atoms with Gasteiger partial charge in [-0.2, -0.15) is 0 Å². The number of halogens is 1. The van der Waals surface area contributed by atoms with Gasteiger partial charge in [0.2, 0.25) is 0 Å². The van der Waals surface area contributed by atoms with E-state index in [1.54, 1.807) is 7.11 Å². The second kappa shape index (κ2) is 3.97. The lowest BCUT2D eigenvalue weighted by Gasteiger charge is -2.22. The van der Waals surface area contributed by atoms with E-state index in [1.165, 1.54) is 5.56 Å². The third kappa shape index (κ3) is 1.81. The highest BCUT2D eigenvalue weighted by Crippen LogP contribution is 2.36. The zero-order valence-corrected chi connectivity index (χ0v) is 10.4. The van der Waals surface area contributed by atoms with Gasteiger partial charge in [0, 0.05) is 12.3 Å². The van der Waals surface area contributed by atoms with Crippen LogP contribution in [-0.4, -0.2) is 12.9 Å². The number of Topliss-reactive ketones (excluding diaryl/α,β-unsaturated/α-hetero) is 1. The maximum Gasteiger partial charge on any atom is 0.140 e. The molecule has 0 aliphatic heterocycles. The average Bonchev–Trinajstić information content (AvgIpc) is 2.23. The van der Waals surface area contributed by atoms with Gasteiger partial charge in [0.05, 0.1) is 11.6 Å². The molecule has 1 aromatic rings. The molecular weight excluding hydrogens is 256 g/mol. The number of benzene rings is 1. The summed E-state index contributed by atoms with van der Waals surface area (Å²) >= 11 is 3.46. The van der Waals surface area contributed by atoms with Crippen molar-refractivity contribution in [2.45, 2.75) is 25.7 Å². The van der Waals surface area contributed by atoms with Gasteiger partial charge in [-0.05, 0) is 45.6 Å². The molecule has 0 spiro atoms. The summed E-state index contributed by atoms with van der Waals surface area (Å²) in [5.41, 5.74) is 2.38. The van der Waals surface area contributed by atoms with E-state index in [4.69, 9.17) is 4.74 Å². The Hall–Kier alpha value is -0.830. The number of hydrogen-bond donors (Lipinski definition) is 0. The minimum Gasteiger partial charge on any atom is -0.496 e. The van der Waals surface area contributed by atoms with Crippen LogP contribution in [0.3, 0.4) is 0 Å². The Morgan fingerprint density at radius 3 is 2.80 bits per heavy atom. The van der Waals surface area contributed by atoms with E-state index in [1.807, 2.05) is 13.0 Å². The molecule has 0 radical (unpaired) electrons. The van der Waals surface area contributed by atoms with Crippen molar-refractivity contribution in [3.05, 3.63) is 27.7 Å². The topological polar surface area (TPSA) is 26.3 Å². The van der Waals surface area contributed by atoms with Crippen molar-refractivity contribution in [1.29, 1.82) is 0 Å². The lowest BCUT2D eigenvalue weighted by molar-refractivity contribution is -0.120. The largest absolute Gasteiger partial charge is 0.496 e. The number of fused-ring (bicyclic) bond motifs is 1. The van der Waals surface area contributed by atoms with Gasteiger partial charge in [-0.1, -0.05) is 6.92 Å². The highest BCUT2D eigenvalue weighted by atomic mass is 79.9. The second-order valence-electron chi connectivity index (χ2n) is 3.87. The zero-order valence-electron chi connectivity index (χ0n) is 8.84. The molecule has 0 bridgehead atoms. The Balaban J connectivity index is 2.53. The molecule has 1 aliphatic carbocycles. The third-order valence-electron chi connectivity index (χ3n) is 3.00. The van der Waals surface area contributed by atoms with Crippen molar-refractivity contribution < 1.29 is 9.53 Å². The molecule has 0 heterocycles. The van der Waals surface area contributed by atoms with Crippen molar-refractivity contribution in [3.8, 4) is 5.75 Å². The molecule has 2 rings (SSSR count). The van der Waals surface area contributed by atoms with Crippen molar-refractivity contribution in [1.82, 2.24) is 0 Å². The van der Waals surface area contributed by atoms with E-state index in [9.17, 15) is 4.79 Å². The van der Waals surface area contributed by atoms with Crippen LogP contribution in [0.2, 0.25) is 0 Å². The summed E-state index contributed by atoms with van der Waals surface area (Å²) in [5, 5.41) is 0. The molecule has 3 heteroatoms. The summed E-state index contributed by atoms with van der Waals surface area (Å²) in [7, 11) is 1.64. The van der Waals surface area contributed by atoms with Crippen LogP contribution in [-0.2, 0) is 11.2 Å². The highest BCUT2D eigenvalue weighted by molar-refractivity contribution is 9.10. The number of carbonyl (C=O) groups is 1. The minimum atomic E-state index is 0.00995. The quantitative estimate of drug-likeness (QED) is 0.783. The van der Waals surface area contributed by atoms with E-state index < -0.39 is 0 Å². The number of ketones is 1. The number of hydrogen-bond acceptors (Lipinski definition) is 2. The summed E-state index contributed by atoms with van der Waals surface area (Å²) in [6.07, 6.45) is 1.51. The van der Waals surface area contributed by atoms with Crippen LogP contribution in [0, 0.1) is 0 Å². The third-order valence-corrected chi connectivity index (χ3v) is 3.62. The maximum atomic E-state index is 11.6. The van der Waals surface area contributed by atoms with Gasteiger partial charge in [-0.25, -0.2) is 0 Å². The Labute approximate surface area is 97.8 Å². The van der Waals surface area contributed by atoms with E-state index in [2.05, 4.69) is 22.0 Å². The molecule has 0 amide bonds. The molecule has 2 nitrogen and oxygen atoms in total. The molecule has 1 aromatic carbocycles. The summed E-state index contributed by atoms with van der Waals surface area (Å²) in [6, 6.07) is 4.04. The van der Waals surface area contributed by atoms with Crippen molar-refractivity contribution in [2.24, 2.45) is 0 Å². The first-order chi connectivity index (χ1) is 7.13. The van der Waals surface area contributed by atoms with Crippen LogP contribution < -0.4 is 4.74 Å². The molecule has 0 N–H and O–H groups in total. The number of rotatable bonds is 1. The molecule has 1 unspecified atom stereocenters. The highest BCUT2D eigenvalue weighted by Gasteiger charge is 2.24. The molecule has 80 valence electrons. The smallest absolute Gasteiger partial charge is 0.140 e. The Morgan fingerprint density at radius 2 is 2.13 bits per heavy atom. The fraction of sp³-hybridized carbons (Fsp3) is 0.417. The summed E-state index contributed by atoms with van der Waals surface area (Å²) in [4.78, 5) is 11.6. The standard InChI is InChI=1S/C12H13BrO2/c1-7-9-6-12(15-2)10(13)5-8(9)3-4-11(7)14/h5-7H,3-4H2,1-2H3. The Kier molecular flexibility index (Phi) is 2.83. The first kappa shape index (κ1) is 10.7. The molecule has 15 heavy (non-hydrogen) atoms. The SMILES string of the molecule is COc1cc2c(cc1Br)CCC(=O)C2C. The number of ether oxygens (including phenoxy) is 1. The van der Waals surface area contributed by atoms with Crippen LogP contribution in [0.5, 0.6) is 5.75 Å². The van der Waals surface area contributed by atoms with Gasteiger partial charge in [0.1, 0.15) is 11.5 Å². The van der Waals surface area contributed by atoms with Gasteiger partial charge in [-0.15, -0.1) is 0 Å². The van der Waals surface area contributed by atoms with Gasteiger partial charge in [0.15, 0.2) is 0 Å². The number of aryl methyl sites for hydroxylation is 1. The lowest BCUT2D eigenvalue weighted by atomic mass is 9.83. The first-order valence-corrected chi connectivity index (χ1v) is 5.81. The Morgan fingerprint density at radius 1 is 1.40 bits per heavy atom. The van der Waals surface area contributed by atoms with Crippen LogP contribution in [0.1, 0.15) is 30.4 Å². The van der Waals surface area contributed by atoms with E-state index in [0.29, 0.717) is 12.2 Å². The predicted molar refractivity (Wildman–Crippen MR) is 62.4 cm³/mol. The monoisotopic (exact) mass is 268 g/mol. The van der Waals surface area contributed by atoms with Gasteiger partial charge in [-0.3, -0.25) is 4.79 Å². The minimum absolute atomic E-state index is 0.00995. The number of carbonyl (C=O) groups excluding carboxylic acids is 1. The summed E-state index contributed by atoms with van der Waals surface area (Å²) < 4.78 is 6.20. The summed E-state index contributed by atoms with van der Waals surface area (Å²) in [5.74, 6) is 1.14. The Bertz CT molecular complexity index is 412. The van der Waals surface area contributed by atoms with Crippen LogP contribution in [0.4, 0.5) is 0 Å². The molecule has 1 aliphatic rings. The van der Waals surface area contributed by atoms with Crippen LogP contribution in [0.25, 0.3) is 0 Å². The average molecular weight is 269 g/mol. The van der Waals surface area contributed by atoms with Crippen molar-refractivity contribution >= 4 is 21.7 Å². The maximum absolute atomic E-state index is 11.6. The first-order valence-electron chi connectivity index (χ1n) is 5.02. The molecule has 0 fully saturated rings. The molecule has 1 atom stereocenters. The fourth-order valence-corrected chi connectivity index (χ4v) is 2.59. The van der Waals surface area contributed by atoms with Gasteiger partial charge < -0.3 is 4.74 Å². The van der Waals surface area contributed by atoms with Crippen LogP contribution in [0.15, 0.2) is 16.6 Å². The normalized spacial score (nSPS) is 19.9. The summed E-state index contributed by atoms with van der Waals surface area (Å²) in [6.45, 7) is 1.97. The zero-order chi connectivity index (χ0) is 11.0. The van der Waals surface area contributed by atoms with Gasteiger partial charge >= 0.3 is 0 Å². The van der Waals surface area contributed by atoms with E-state index in [0.717, 1.165) is 22.2 Å². The number of methoxy groups -OCH3 is 1. The molecular formula is C12H13BrO2. The second-order valence-corrected chi connectivity index (χ2v) is 4.73. The van der Waals surface area contributed by atoms with Crippen molar-refractivity contribution in [2.75, 3.05) is 7.11 Å². The molecule has 0 saturated heterocycles. The van der Waals surface area contributed by atoms with E-state index >= 15 is 0 Å². The predicted octanol–water partition coefficient (Wildman–Crippen LogP) is 3.08. The lowest BCUT2D eigenvalue weighted by Crippen LogP contribution is -2.18. The van der Waals surface area contributed by atoms with Crippen LogP contribution >= 0.6 is 15.9 Å². The van der Waals surface area contributed by atoms with E-state index in [-0.39, 0.29) is 5.92 Å².